The van der Waals surface area contributed by atoms with Crippen molar-refractivity contribution in [2.45, 2.75) is 25.2 Å². The molecule has 1 aromatic rings. The van der Waals surface area contributed by atoms with Crippen LogP contribution in [0.2, 0.25) is 0 Å². The lowest BCUT2D eigenvalue weighted by molar-refractivity contribution is 0.221. The van der Waals surface area contributed by atoms with Crippen molar-refractivity contribution in [3.8, 4) is 0 Å². The number of aryl methyl sites for hydroxylation is 1. The van der Waals surface area contributed by atoms with Crippen LogP contribution in [0.25, 0.3) is 0 Å². The molecule has 0 amide bonds. The van der Waals surface area contributed by atoms with Crippen molar-refractivity contribution >= 4 is 11.3 Å². The van der Waals surface area contributed by atoms with Crippen LogP contribution in [0, 0.1) is 0 Å². The summed E-state index contributed by atoms with van der Waals surface area (Å²) in [6.45, 7) is 6.09. The highest BCUT2D eigenvalue weighted by atomic mass is 32.1. The zero-order valence-electron chi connectivity index (χ0n) is 9.74. The van der Waals surface area contributed by atoms with E-state index in [2.05, 4.69) is 21.7 Å². The Hall–Kier alpha value is -0.380. The highest BCUT2D eigenvalue weighted by Gasteiger charge is 2.24. The van der Waals surface area contributed by atoms with Gasteiger partial charge in [-0.2, -0.15) is 0 Å². The van der Waals surface area contributed by atoms with Gasteiger partial charge in [0.15, 0.2) is 0 Å². The lowest BCUT2D eigenvalue weighted by Gasteiger charge is -2.32. The molecule has 1 saturated heterocycles. The molecule has 1 aromatic heterocycles. The maximum Gasteiger partial charge on any atom is 0.0121 e. The quantitative estimate of drug-likeness (QED) is 0.846. The molecule has 1 atom stereocenters. The van der Waals surface area contributed by atoms with Crippen LogP contribution in [0.5, 0.6) is 0 Å². The van der Waals surface area contributed by atoms with Crippen LogP contribution in [0.1, 0.15) is 29.2 Å². The van der Waals surface area contributed by atoms with Crippen LogP contribution in [0.4, 0.5) is 0 Å². The van der Waals surface area contributed by atoms with Crippen LogP contribution in [-0.2, 0) is 6.42 Å². The predicted octanol–water partition coefficient (Wildman–Crippen LogP) is 2.07. The highest BCUT2D eigenvalue weighted by Crippen LogP contribution is 2.35. The van der Waals surface area contributed by atoms with Crippen molar-refractivity contribution in [2.75, 3.05) is 32.7 Å². The van der Waals surface area contributed by atoms with Gasteiger partial charge in [0.05, 0.1) is 0 Å². The largest absolute Gasteiger partial charge is 0.314 e. The SMILES string of the molecule is c1cc2c(s1)C(CN1CCNCC1)CCC2. The summed E-state index contributed by atoms with van der Waals surface area (Å²) >= 11 is 1.98. The first-order valence-corrected chi connectivity index (χ1v) is 7.31. The van der Waals surface area contributed by atoms with Gasteiger partial charge in [0.25, 0.3) is 0 Å². The molecule has 2 aliphatic rings. The molecule has 1 aliphatic heterocycles. The van der Waals surface area contributed by atoms with Gasteiger partial charge in [-0.3, -0.25) is 0 Å². The molecular formula is C13H20N2S. The number of hydrogen-bond acceptors (Lipinski definition) is 3. The van der Waals surface area contributed by atoms with E-state index in [0.717, 1.165) is 5.92 Å². The fourth-order valence-electron chi connectivity index (χ4n) is 2.96. The minimum Gasteiger partial charge on any atom is -0.314 e. The van der Waals surface area contributed by atoms with E-state index in [9.17, 15) is 0 Å². The molecule has 3 rings (SSSR count). The monoisotopic (exact) mass is 236 g/mol. The average Bonchev–Trinajstić information content (AvgIpc) is 2.80. The molecule has 88 valence electrons. The Morgan fingerprint density at radius 1 is 1.38 bits per heavy atom. The van der Waals surface area contributed by atoms with Crippen molar-refractivity contribution in [1.82, 2.24) is 10.2 Å². The van der Waals surface area contributed by atoms with Gasteiger partial charge in [-0.1, -0.05) is 0 Å². The highest BCUT2D eigenvalue weighted by molar-refractivity contribution is 7.10. The Labute approximate surface area is 102 Å². The minimum absolute atomic E-state index is 0.821. The second-order valence-electron chi connectivity index (χ2n) is 4.95. The zero-order valence-corrected chi connectivity index (χ0v) is 10.6. The first-order chi connectivity index (χ1) is 7.93. The molecule has 0 radical (unpaired) electrons. The van der Waals surface area contributed by atoms with Gasteiger partial charge >= 0.3 is 0 Å². The third-order valence-electron chi connectivity index (χ3n) is 3.84. The Morgan fingerprint density at radius 3 is 3.12 bits per heavy atom. The van der Waals surface area contributed by atoms with Gasteiger partial charge in [0, 0.05) is 43.5 Å². The Balaban J connectivity index is 1.67. The number of rotatable bonds is 2. The van der Waals surface area contributed by atoms with E-state index in [4.69, 9.17) is 0 Å². The molecule has 1 aliphatic carbocycles. The van der Waals surface area contributed by atoms with E-state index in [1.54, 1.807) is 10.4 Å². The summed E-state index contributed by atoms with van der Waals surface area (Å²) < 4.78 is 0. The molecule has 0 saturated carbocycles. The Kier molecular flexibility index (Phi) is 3.27. The van der Waals surface area contributed by atoms with E-state index >= 15 is 0 Å². The zero-order chi connectivity index (χ0) is 10.8. The topological polar surface area (TPSA) is 15.3 Å². The van der Waals surface area contributed by atoms with Gasteiger partial charge in [0.1, 0.15) is 0 Å². The smallest absolute Gasteiger partial charge is 0.0121 e. The number of piperazine rings is 1. The summed E-state index contributed by atoms with van der Waals surface area (Å²) in [7, 11) is 0. The predicted molar refractivity (Wildman–Crippen MR) is 69.3 cm³/mol. The number of thiophene rings is 1. The molecular weight excluding hydrogens is 216 g/mol. The molecule has 0 bridgehead atoms. The van der Waals surface area contributed by atoms with E-state index in [0.29, 0.717) is 0 Å². The van der Waals surface area contributed by atoms with Gasteiger partial charge in [0.2, 0.25) is 0 Å². The van der Waals surface area contributed by atoms with Crippen LogP contribution < -0.4 is 5.32 Å². The van der Waals surface area contributed by atoms with E-state index in [-0.39, 0.29) is 0 Å². The molecule has 0 aromatic carbocycles. The number of fused-ring (bicyclic) bond motifs is 1. The summed E-state index contributed by atoms with van der Waals surface area (Å²) in [4.78, 5) is 4.32. The van der Waals surface area contributed by atoms with Crippen molar-refractivity contribution in [3.63, 3.8) is 0 Å². The van der Waals surface area contributed by atoms with Crippen LogP contribution in [0.15, 0.2) is 11.4 Å². The molecule has 1 fully saturated rings. The van der Waals surface area contributed by atoms with Crippen molar-refractivity contribution in [3.05, 3.63) is 21.9 Å². The lowest BCUT2D eigenvalue weighted by Crippen LogP contribution is -2.45. The standard InChI is InChI=1S/C13H20N2S/c1-2-11-4-9-16-13(11)12(3-1)10-15-7-5-14-6-8-15/h4,9,12,14H,1-3,5-8,10H2. The summed E-state index contributed by atoms with van der Waals surface area (Å²) in [6.07, 6.45) is 4.11. The summed E-state index contributed by atoms with van der Waals surface area (Å²) in [6, 6.07) is 2.34. The van der Waals surface area contributed by atoms with Crippen LogP contribution in [0.3, 0.4) is 0 Å². The molecule has 1 unspecified atom stereocenters. The van der Waals surface area contributed by atoms with Gasteiger partial charge in [-0.05, 0) is 36.3 Å². The van der Waals surface area contributed by atoms with Crippen LogP contribution in [-0.4, -0.2) is 37.6 Å². The van der Waals surface area contributed by atoms with Gasteiger partial charge < -0.3 is 10.2 Å². The van der Waals surface area contributed by atoms with Crippen LogP contribution >= 0.6 is 11.3 Å². The molecule has 16 heavy (non-hydrogen) atoms. The molecule has 2 nitrogen and oxygen atoms in total. The summed E-state index contributed by atoms with van der Waals surface area (Å²) in [5, 5.41) is 5.71. The first kappa shape index (κ1) is 10.8. The van der Waals surface area contributed by atoms with Gasteiger partial charge in [-0.25, -0.2) is 0 Å². The fourth-order valence-corrected chi connectivity index (χ4v) is 4.05. The molecule has 2 heterocycles. The number of hydrogen-bond donors (Lipinski definition) is 1. The van der Waals surface area contributed by atoms with E-state index < -0.39 is 0 Å². The number of nitrogens with zero attached hydrogens (tertiary/aromatic N) is 1. The maximum absolute atomic E-state index is 3.43. The Morgan fingerprint density at radius 2 is 2.25 bits per heavy atom. The summed E-state index contributed by atoms with van der Waals surface area (Å²) in [5.74, 6) is 0.821. The fraction of sp³-hybridized carbons (Fsp3) is 0.692. The lowest BCUT2D eigenvalue weighted by atomic mass is 9.89. The third kappa shape index (κ3) is 2.17. The molecule has 3 heteroatoms. The minimum atomic E-state index is 0.821. The van der Waals surface area contributed by atoms with Crippen molar-refractivity contribution in [2.24, 2.45) is 0 Å². The second kappa shape index (κ2) is 4.86. The maximum atomic E-state index is 3.43. The average molecular weight is 236 g/mol. The van der Waals surface area contributed by atoms with Crippen molar-refractivity contribution in [1.29, 1.82) is 0 Å². The second-order valence-corrected chi connectivity index (χ2v) is 5.90. The molecule has 0 spiro atoms. The van der Waals surface area contributed by atoms with Crippen molar-refractivity contribution < 1.29 is 0 Å². The van der Waals surface area contributed by atoms with Gasteiger partial charge in [-0.15, -0.1) is 11.3 Å². The summed E-state index contributed by atoms with van der Waals surface area (Å²) in [5.41, 5.74) is 1.64. The molecule has 1 N–H and O–H groups in total. The number of nitrogens with one attached hydrogen (secondary N) is 1. The third-order valence-corrected chi connectivity index (χ3v) is 4.96. The normalized spacial score (nSPS) is 26.6. The Bertz CT molecular complexity index is 341. The van der Waals surface area contributed by atoms with E-state index in [1.807, 2.05) is 11.3 Å². The van der Waals surface area contributed by atoms with E-state index in [1.165, 1.54) is 52.0 Å². The first-order valence-electron chi connectivity index (χ1n) is 6.43.